The molecular weight excluding hydrogens is 539 g/mol. The Hall–Kier alpha value is -3.96. The van der Waals surface area contributed by atoms with Gasteiger partial charge in [0.2, 0.25) is 5.91 Å². The number of likely N-dealkylation sites (N-methyl/N-ethyl adjacent to an activating group) is 1. The summed E-state index contributed by atoms with van der Waals surface area (Å²) in [6.07, 6.45) is 1.37. The third kappa shape index (κ3) is 7.80. The van der Waals surface area contributed by atoms with Gasteiger partial charge in [-0.15, -0.1) is 0 Å². The molecule has 2 aromatic carbocycles. The number of fused-ring (bicyclic) bond motifs is 1. The number of ether oxygens (including phenoxy) is 1. The zero-order valence-corrected chi connectivity index (χ0v) is 22.9. The molecule has 10 nitrogen and oxygen atoms in total. The van der Waals surface area contributed by atoms with Crippen molar-refractivity contribution in [2.75, 3.05) is 45.2 Å². The van der Waals surface area contributed by atoms with Crippen molar-refractivity contribution in [3.05, 3.63) is 71.1 Å². The number of aromatic nitrogens is 1. The molecule has 40 heavy (non-hydrogen) atoms. The molecular formula is C28H32ClFN6O4. The van der Waals surface area contributed by atoms with E-state index in [4.69, 9.17) is 16.3 Å². The Morgan fingerprint density at radius 2 is 1.90 bits per heavy atom. The van der Waals surface area contributed by atoms with Crippen LogP contribution in [0.2, 0.25) is 5.02 Å². The molecule has 0 saturated carbocycles. The van der Waals surface area contributed by atoms with Crippen molar-refractivity contribution in [3.63, 3.8) is 0 Å². The molecule has 2 heterocycles. The quantitative estimate of drug-likeness (QED) is 0.358. The smallest absolute Gasteiger partial charge is 0.412 e. The monoisotopic (exact) mass is 570 g/mol. The number of halogens is 2. The summed E-state index contributed by atoms with van der Waals surface area (Å²) in [7, 11) is 1.55. The summed E-state index contributed by atoms with van der Waals surface area (Å²) in [5, 5.41) is 10.3. The number of hydrogen-bond acceptors (Lipinski definition) is 6. The topological polar surface area (TPSA) is 116 Å². The van der Waals surface area contributed by atoms with E-state index in [0.717, 1.165) is 23.9 Å². The van der Waals surface area contributed by atoms with Crippen molar-refractivity contribution < 1.29 is 23.5 Å². The van der Waals surface area contributed by atoms with Gasteiger partial charge in [-0.3, -0.25) is 10.1 Å². The first-order valence-electron chi connectivity index (χ1n) is 13.0. The summed E-state index contributed by atoms with van der Waals surface area (Å²) in [5.41, 5.74) is 0.423. The number of pyridine rings is 1. The van der Waals surface area contributed by atoms with E-state index in [9.17, 15) is 18.8 Å². The second kappa shape index (κ2) is 13.9. The lowest BCUT2D eigenvalue weighted by Crippen LogP contribution is -2.48. The van der Waals surface area contributed by atoms with Gasteiger partial charge in [0, 0.05) is 57.8 Å². The average Bonchev–Trinajstić information content (AvgIpc) is 2.97. The minimum absolute atomic E-state index is 0.00116. The number of carbonyl (C=O) groups excluding carboxylic acids is 3. The molecule has 1 atom stereocenters. The summed E-state index contributed by atoms with van der Waals surface area (Å²) < 4.78 is 19.2. The van der Waals surface area contributed by atoms with Crippen LogP contribution in [0.3, 0.4) is 0 Å². The standard InChI is InChI=1S/C28H32ClFN6O4/c1-35(27(38)33-17-21-7-4-8-23(30)26(21)29)22(9-10-25(37)36-13-11-31-12-14-36)18-40-28(39)34-24-15-19-5-2-3-6-20(19)16-32-24/h2-8,15-16,22,31H,9-14,17-18H2,1H3,(H,33,38)(H,32,34,39). The lowest BCUT2D eigenvalue weighted by molar-refractivity contribution is -0.132. The van der Waals surface area contributed by atoms with Gasteiger partial charge in [0.15, 0.2) is 0 Å². The average molecular weight is 571 g/mol. The molecule has 0 spiro atoms. The van der Waals surface area contributed by atoms with E-state index in [1.165, 1.54) is 17.0 Å². The third-order valence-electron chi connectivity index (χ3n) is 6.76. The van der Waals surface area contributed by atoms with Gasteiger partial charge in [0.05, 0.1) is 11.1 Å². The van der Waals surface area contributed by atoms with Crippen LogP contribution in [0.15, 0.2) is 54.7 Å². The van der Waals surface area contributed by atoms with E-state index in [-0.39, 0.29) is 36.9 Å². The fraction of sp³-hybridized carbons (Fsp3) is 0.357. The summed E-state index contributed by atoms with van der Waals surface area (Å²) >= 11 is 6.00. The molecule has 212 valence electrons. The highest BCUT2D eigenvalue weighted by Crippen LogP contribution is 2.20. The van der Waals surface area contributed by atoms with E-state index >= 15 is 0 Å². The lowest BCUT2D eigenvalue weighted by Gasteiger charge is -2.30. The summed E-state index contributed by atoms with van der Waals surface area (Å²) in [6.45, 7) is 2.54. The molecule has 0 bridgehead atoms. The number of nitrogens with one attached hydrogen (secondary N) is 3. The van der Waals surface area contributed by atoms with E-state index in [2.05, 4.69) is 20.9 Å². The Labute approximate surface area is 236 Å². The minimum Gasteiger partial charge on any atom is -0.447 e. The maximum absolute atomic E-state index is 13.8. The largest absolute Gasteiger partial charge is 0.447 e. The highest BCUT2D eigenvalue weighted by molar-refractivity contribution is 6.31. The van der Waals surface area contributed by atoms with Crippen LogP contribution in [0.1, 0.15) is 18.4 Å². The third-order valence-corrected chi connectivity index (χ3v) is 7.18. The molecule has 1 aliphatic rings. The number of nitrogens with zero attached hydrogens (tertiary/aromatic N) is 3. The Kier molecular flexibility index (Phi) is 10.1. The summed E-state index contributed by atoms with van der Waals surface area (Å²) in [6, 6.07) is 12.6. The fourth-order valence-electron chi connectivity index (χ4n) is 4.36. The van der Waals surface area contributed by atoms with Crippen molar-refractivity contribution in [1.29, 1.82) is 0 Å². The van der Waals surface area contributed by atoms with Gasteiger partial charge in [0.25, 0.3) is 0 Å². The normalized spacial score (nSPS) is 13.9. The molecule has 3 N–H and O–H groups in total. The van der Waals surface area contributed by atoms with Crippen molar-refractivity contribution in [2.45, 2.75) is 25.4 Å². The Morgan fingerprint density at radius 1 is 1.15 bits per heavy atom. The molecule has 1 aliphatic heterocycles. The molecule has 4 amide bonds. The van der Waals surface area contributed by atoms with E-state index in [0.29, 0.717) is 24.5 Å². The van der Waals surface area contributed by atoms with Gasteiger partial charge in [0.1, 0.15) is 18.2 Å². The molecule has 3 aromatic rings. The zero-order chi connectivity index (χ0) is 28.5. The van der Waals surface area contributed by atoms with Gasteiger partial charge < -0.3 is 25.2 Å². The van der Waals surface area contributed by atoms with Crippen LogP contribution in [0.5, 0.6) is 0 Å². The van der Waals surface area contributed by atoms with Gasteiger partial charge in [-0.1, -0.05) is 48.0 Å². The Morgan fingerprint density at radius 3 is 2.67 bits per heavy atom. The van der Waals surface area contributed by atoms with Crippen LogP contribution in [0.25, 0.3) is 10.8 Å². The molecule has 1 saturated heterocycles. The van der Waals surface area contributed by atoms with E-state index in [1.54, 1.807) is 30.3 Å². The van der Waals surface area contributed by atoms with E-state index < -0.39 is 24.0 Å². The first kappa shape index (κ1) is 29.0. The van der Waals surface area contributed by atoms with Gasteiger partial charge >= 0.3 is 12.1 Å². The second-order valence-electron chi connectivity index (χ2n) is 9.45. The van der Waals surface area contributed by atoms with Crippen LogP contribution >= 0.6 is 11.6 Å². The first-order valence-corrected chi connectivity index (χ1v) is 13.4. The number of amides is 4. The van der Waals surface area contributed by atoms with Crippen molar-refractivity contribution in [1.82, 2.24) is 25.4 Å². The number of anilines is 1. The van der Waals surface area contributed by atoms with E-state index in [1.807, 2.05) is 24.3 Å². The highest BCUT2D eigenvalue weighted by Gasteiger charge is 2.25. The first-order chi connectivity index (χ1) is 19.3. The van der Waals surface area contributed by atoms with Crippen LogP contribution in [0, 0.1) is 5.82 Å². The maximum Gasteiger partial charge on any atom is 0.412 e. The number of hydrogen-bond donors (Lipinski definition) is 3. The van der Waals surface area contributed by atoms with Crippen molar-refractivity contribution in [2.24, 2.45) is 0 Å². The highest BCUT2D eigenvalue weighted by atomic mass is 35.5. The second-order valence-corrected chi connectivity index (χ2v) is 9.82. The van der Waals surface area contributed by atoms with Crippen molar-refractivity contribution >= 4 is 46.2 Å². The number of benzene rings is 2. The van der Waals surface area contributed by atoms with Gasteiger partial charge in [-0.25, -0.2) is 19.0 Å². The molecule has 12 heteroatoms. The number of carbonyl (C=O) groups is 3. The van der Waals surface area contributed by atoms with Crippen LogP contribution < -0.4 is 16.0 Å². The molecule has 1 fully saturated rings. The van der Waals surface area contributed by atoms with Crippen molar-refractivity contribution in [3.8, 4) is 0 Å². The number of urea groups is 1. The SMILES string of the molecule is CN(C(=O)NCc1cccc(F)c1Cl)C(CCC(=O)N1CCNCC1)COC(=O)Nc1cc2ccccc2cn1. The fourth-order valence-corrected chi connectivity index (χ4v) is 4.55. The minimum atomic E-state index is -0.735. The number of piperazine rings is 1. The lowest BCUT2D eigenvalue weighted by atomic mass is 10.1. The summed E-state index contributed by atoms with van der Waals surface area (Å²) in [4.78, 5) is 45.7. The molecule has 1 unspecified atom stereocenters. The molecule has 0 radical (unpaired) electrons. The maximum atomic E-state index is 13.8. The van der Waals surface area contributed by atoms with Gasteiger partial charge in [-0.2, -0.15) is 0 Å². The Balaban J connectivity index is 1.37. The molecule has 4 rings (SSSR count). The van der Waals surface area contributed by atoms with Crippen LogP contribution in [-0.4, -0.2) is 78.7 Å². The predicted molar refractivity (Wildman–Crippen MR) is 151 cm³/mol. The molecule has 1 aromatic heterocycles. The Bertz CT molecular complexity index is 1350. The van der Waals surface area contributed by atoms with Crippen LogP contribution in [0.4, 0.5) is 19.8 Å². The van der Waals surface area contributed by atoms with Crippen LogP contribution in [-0.2, 0) is 16.1 Å². The zero-order valence-electron chi connectivity index (χ0n) is 22.2. The predicted octanol–water partition coefficient (Wildman–Crippen LogP) is 4.00. The molecule has 0 aliphatic carbocycles. The van der Waals surface area contributed by atoms with Gasteiger partial charge in [-0.05, 0) is 29.5 Å². The summed E-state index contributed by atoms with van der Waals surface area (Å²) in [5.74, 6) is -0.282. The number of rotatable bonds is 9.